The molecule has 0 saturated carbocycles. The summed E-state index contributed by atoms with van der Waals surface area (Å²) in [6.07, 6.45) is 0.934. The Kier molecular flexibility index (Phi) is 10.1. The molecule has 0 fully saturated rings. The first-order chi connectivity index (χ1) is 17.0. The van der Waals surface area contributed by atoms with E-state index in [1.165, 1.54) is 11.0 Å². The number of rotatable bonds is 12. The van der Waals surface area contributed by atoms with Gasteiger partial charge in [0.1, 0.15) is 17.6 Å². The van der Waals surface area contributed by atoms with Crippen LogP contribution in [-0.4, -0.2) is 35.9 Å². The SMILES string of the molecule is CCNC(=O)C(Cc1ccccc1)N(Cc1ccccc1F)C(=O)CCCOc1ccc(Cl)cc1. The molecule has 3 aromatic carbocycles. The first-order valence-electron chi connectivity index (χ1n) is 11.7. The van der Waals surface area contributed by atoms with Gasteiger partial charge in [-0.05, 0) is 49.2 Å². The van der Waals surface area contributed by atoms with Gasteiger partial charge in [0.2, 0.25) is 11.8 Å². The van der Waals surface area contributed by atoms with E-state index in [0.717, 1.165) is 5.56 Å². The van der Waals surface area contributed by atoms with Crippen LogP contribution in [0.5, 0.6) is 5.75 Å². The lowest BCUT2D eigenvalue weighted by molar-refractivity contribution is -0.141. The lowest BCUT2D eigenvalue weighted by atomic mass is 10.0. The molecule has 5 nitrogen and oxygen atoms in total. The molecular weight excluding hydrogens is 467 g/mol. The molecule has 0 aliphatic heterocycles. The molecule has 7 heteroatoms. The summed E-state index contributed by atoms with van der Waals surface area (Å²) in [6.45, 7) is 2.58. The van der Waals surface area contributed by atoms with Crippen LogP contribution >= 0.6 is 11.6 Å². The molecule has 1 unspecified atom stereocenters. The van der Waals surface area contributed by atoms with E-state index < -0.39 is 11.9 Å². The first-order valence-corrected chi connectivity index (χ1v) is 12.1. The minimum absolute atomic E-state index is 0.00180. The number of amides is 2. The summed E-state index contributed by atoms with van der Waals surface area (Å²) >= 11 is 5.90. The number of nitrogens with one attached hydrogen (secondary N) is 1. The number of nitrogens with zero attached hydrogens (tertiary/aromatic N) is 1. The maximum atomic E-state index is 14.5. The molecule has 0 saturated heterocycles. The average Bonchev–Trinajstić information content (AvgIpc) is 2.86. The van der Waals surface area contributed by atoms with Crippen LogP contribution in [-0.2, 0) is 22.6 Å². The fourth-order valence-electron chi connectivity index (χ4n) is 3.74. The van der Waals surface area contributed by atoms with Gasteiger partial charge in [0.15, 0.2) is 0 Å². The predicted octanol–water partition coefficient (Wildman–Crippen LogP) is 5.41. The second kappa shape index (κ2) is 13.5. The molecule has 0 radical (unpaired) electrons. The molecule has 0 heterocycles. The Hall–Kier alpha value is -3.38. The van der Waals surface area contributed by atoms with Crippen molar-refractivity contribution in [1.82, 2.24) is 10.2 Å². The number of carbonyl (C=O) groups is 2. The van der Waals surface area contributed by atoms with Crippen LogP contribution in [0.15, 0.2) is 78.9 Å². The Balaban J connectivity index is 1.77. The van der Waals surface area contributed by atoms with Crippen molar-refractivity contribution in [3.05, 3.63) is 101 Å². The fraction of sp³-hybridized carbons (Fsp3) is 0.286. The van der Waals surface area contributed by atoms with E-state index in [9.17, 15) is 14.0 Å². The van der Waals surface area contributed by atoms with Crippen LogP contribution in [0.4, 0.5) is 4.39 Å². The summed E-state index contributed by atoms with van der Waals surface area (Å²) in [6, 6.07) is 22.0. The van der Waals surface area contributed by atoms with Crippen LogP contribution in [0.1, 0.15) is 30.9 Å². The van der Waals surface area contributed by atoms with Gasteiger partial charge in [-0.25, -0.2) is 4.39 Å². The topological polar surface area (TPSA) is 58.6 Å². The summed E-state index contributed by atoms with van der Waals surface area (Å²) in [5, 5.41) is 3.45. The predicted molar refractivity (Wildman–Crippen MR) is 136 cm³/mol. The number of benzene rings is 3. The fourth-order valence-corrected chi connectivity index (χ4v) is 3.87. The Morgan fingerprint density at radius 1 is 1.00 bits per heavy atom. The summed E-state index contributed by atoms with van der Waals surface area (Å²) in [5.74, 6) is -0.251. The van der Waals surface area contributed by atoms with E-state index in [2.05, 4.69) is 5.32 Å². The Morgan fingerprint density at radius 2 is 1.69 bits per heavy atom. The van der Waals surface area contributed by atoms with Crippen LogP contribution in [0.2, 0.25) is 5.02 Å². The van der Waals surface area contributed by atoms with Gasteiger partial charge in [-0.1, -0.05) is 60.1 Å². The molecule has 0 aliphatic carbocycles. The van der Waals surface area contributed by atoms with Gasteiger partial charge in [0.05, 0.1) is 6.61 Å². The molecule has 0 aromatic heterocycles. The highest BCUT2D eigenvalue weighted by Gasteiger charge is 2.30. The van der Waals surface area contributed by atoms with Crippen molar-refractivity contribution >= 4 is 23.4 Å². The van der Waals surface area contributed by atoms with Gasteiger partial charge in [-0.15, -0.1) is 0 Å². The Bertz CT molecular complexity index is 1090. The van der Waals surface area contributed by atoms with Crippen LogP contribution in [0.3, 0.4) is 0 Å². The van der Waals surface area contributed by atoms with E-state index in [1.807, 2.05) is 37.3 Å². The normalized spacial score (nSPS) is 11.5. The number of hydrogen-bond acceptors (Lipinski definition) is 3. The van der Waals surface area contributed by atoms with E-state index in [1.54, 1.807) is 42.5 Å². The van der Waals surface area contributed by atoms with E-state index >= 15 is 0 Å². The maximum Gasteiger partial charge on any atom is 0.243 e. The van der Waals surface area contributed by atoms with Gasteiger partial charge in [-0.3, -0.25) is 9.59 Å². The monoisotopic (exact) mass is 496 g/mol. The van der Waals surface area contributed by atoms with Crippen LogP contribution in [0, 0.1) is 5.82 Å². The molecule has 0 bridgehead atoms. The van der Waals surface area contributed by atoms with Gasteiger partial charge in [0, 0.05) is 36.5 Å². The number of likely N-dealkylation sites (N-methyl/N-ethyl adjacent to an activating group) is 1. The van der Waals surface area contributed by atoms with Crippen molar-refractivity contribution in [3.63, 3.8) is 0 Å². The molecule has 2 amide bonds. The highest BCUT2D eigenvalue weighted by Crippen LogP contribution is 2.19. The summed E-state index contributed by atoms with van der Waals surface area (Å²) in [7, 11) is 0. The molecule has 184 valence electrons. The molecule has 3 aromatic rings. The molecule has 0 aliphatic rings. The zero-order valence-electron chi connectivity index (χ0n) is 19.8. The lowest BCUT2D eigenvalue weighted by Crippen LogP contribution is -2.50. The van der Waals surface area contributed by atoms with Gasteiger partial charge in [0.25, 0.3) is 0 Å². The largest absolute Gasteiger partial charge is 0.494 e. The van der Waals surface area contributed by atoms with E-state index in [4.69, 9.17) is 16.3 Å². The molecule has 0 spiro atoms. The summed E-state index contributed by atoms with van der Waals surface area (Å²) in [4.78, 5) is 28.0. The minimum Gasteiger partial charge on any atom is -0.494 e. The van der Waals surface area contributed by atoms with Crippen LogP contribution in [0.25, 0.3) is 0 Å². The zero-order valence-corrected chi connectivity index (χ0v) is 20.5. The number of hydrogen-bond donors (Lipinski definition) is 1. The highest BCUT2D eigenvalue weighted by molar-refractivity contribution is 6.30. The minimum atomic E-state index is -0.776. The van der Waals surface area contributed by atoms with Gasteiger partial charge in [-0.2, -0.15) is 0 Å². The van der Waals surface area contributed by atoms with Crippen molar-refractivity contribution in [2.45, 2.75) is 38.8 Å². The summed E-state index contributed by atoms with van der Waals surface area (Å²) < 4.78 is 20.2. The smallest absolute Gasteiger partial charge is 0.243 e. The van der Waals surface area contributed by atoms with E-state index in [-0.39, 0.29) is 24.8 Å². The third kappa shape index (κ3) is 8.11. The van der Waals surface area contributed by atoms with Crippen molar-refractivity contribution in [3.8, 4) is 5.75 Å². The maximum absolute atomic E-state index is 14.5. The second-order valence-electron chi connectivity index (χ2n) is 8.12. The number of halogens is 2. The quantitative estimate of drug-likeness (QED) is 0.341. The van der Waals surface area contributed by atoms with Crippen LogP contribution < -0.4 is 10.1 Å². The van der Waals surface area contributed by atoms with Gasteiger partial charge >= 0.3 is 0 Å². The van der Waals surface area contributed by atoms with Crippen molar-refractivity contribution in [1.29, 1.82) is 0 Å². The number of ether oxygens (including phenoxy) is 1. The lowest BCUT2D eigenvalue weighted by Gasteiger charge is -2.31. The third-order valence-corrected chi connectivity index (χ3v) is 5.79. The Morgan fingerprint density at radius 3 is 2.37 bits per heavy atom. The molecule has 35 heavy (non-hydrogen) atoms. The van der Waals surface area contributed by atoms with Gasteiger partial charge < -0.3 is 15.0 Å². The van der Waals surface area contributed by atoms with E-state index in [0.29, 0.717) is 42.3 Å². The van der Waals surface area contributed by atoms with Crippen molar-refractivity contribution in [2.24, 2.45) is 0 Å². The Labute approximate surface area is 210 Å². The number of carbonyl (C=O) groups excluding carboxylic acids is 2. The molecule has 1 N–H and O–H groups in total. The molecular formula is C28H30ClFN2O3. The zero-order chi connectivity index (χ0) is 25.0. The molecule has 3 rings (SSSR count). The summed E-state index contributed by atoms with van der Waals surface area (Å²) in [5.41, 5.74) is 1.28. The first kappa shape index (κ1) is 26.2. The molecule has 1 atom stereocenters. The second-order valence-corrected chi connectivity index (χ2v) is 8.56. The standard InChI is InChI=1S/C28H30ClFN2O3/c1-2-31-28(34)26(19-21-9-4-3-5-10-21)32(20-22-11-6-7-12-25(22)30)27(33)13-8-18-35-24-16-14-23(29)15-17-24/h3-7,9-12,14-17,26H,2,8,13,18-20H2,1H3,(H,31,34). The highest BCUT2D eigenvalue weighted by atomic mass is 35.5. The third-order valence-electron chi connectivity index (χ3n) is 5.54. The average molecular weight is 497 g/mol. The van der Waals surface area contributed by atoms with Crippen molar-refractivity contribution in [2.75, 3.05) is 13.2 Å². The van der Waals surface area contributed by atoms with Crippen molar-refractivity contribution < 1.29 is 18.7 Å².